The first-order valence-corrected chi connectivity index (χ1v) is 9.13. The molecule has 2 heterocycles. The van der Waals surface area contributed by atoms with Crippen molar-refractivity contribution in [3.63, 3.8) is 0 Å². The van der Waals surface area contributed by atoms with E-state index >= 15 is 0 Å². The minimum absolute atomic E-state index is 0.271. The van der Waals surface area contributed by atoms with Gasteiger partial charge in [-0.05, 0) is 44.4 Å². The van der Waals surface area contributed by atoms with E-state index in [1.54, 1.807) is 0 Å². The predicted molar refractivity (Wildman–Crippen MR) is 77.0 cm³/mol. The lowest BCUT2D eigenvalue weighted by atomic mass is 9.96. The van der Waals surface area contributed by atoms with Crippen molar-refractivity contribution in [1.82, 2.24) is 5.32 Å². The molecule has 1 aliphatic rings. The number of hydrogen-bond donors (Lipinski definition) is 1. The maximum atomic E-state index is 11.5. The summed E-state index contributed by atoms with van der Waals surface area (Å²) in [5.74, 6) is 0.984. The Labute approximate surface area is 114 Å². The van der Waals surface area contributed by atoms with Crippen LogP contribution in [0.15, 0.2) is 12.1 Å². The molecule has 2 atom stereocenters. The third-order valence-electron chi connectivity index (χ3n) is 3.69. The van der Waals surface area contributed by atoms with Crippen molar-refractivity contribution in [2.75, 3.05) is 18.6 Å². The molecule has 1 N–H and O–H groups in total. The van der Waals surface area contributed by atoms with E-state index in [4.69, 9.17) is 0 Å². The van der Waals surface area contributed by atoms with Crippen molar-refractivity contribution in [3.8, 4) is 0 Å². The molecule has 0 spiro atoms. The molecule has 1 aromatic rings. The monoisotopic (exact) mass is 287 g/mol. The van der Waals surface area contributed by atoms with Gasteiger partial charge in [-0.15, -0.1) is 11.3 Å². The maximum absolute atomic E-state index is 11.5. The van der Waals surface area contributed by atoms with Crippen molar-refractivity contribution < 1.29 is 8.42 Å². The van der Waals surface area contributed by atoms with E-state index in [0.717, 1.165) is 19.3 Å². The average molecular weight is 287 g/mol. The van der Waals surface area contributed by atoms with Crippen LogP contribution in [0.25, 0.3) is 0 Å². The molecule has 1 aromatic heterocycles. The van der Waals surface area contributed by atoms with E-state index in [2.05, 4.69) is 24.4 Å². The lowest BCUT2D eigenvalue weighted by Gasteiger charge is -2.21. The van der Waals surface area contributed by atoms with E-state index in [1.807, 2.05) is 18.4 Å². The molecule has 2 unspecified atom stereocenters. The van der Waals surface area contributed by atoms with Crippen LogP contribution < -0.4 is 5.32 Å². The van der Waals surface area contributed by atoms with Gasteiger partial charge < -0.3 is 5.32 Å². The van der Waals surface area contributed by atoms with Crippen molar-refractivity contribution in [2.24, 2.45) is 5.92 Å². The van der Waals surface area contributed by atoms with Crippen LogP contribution >= 0.6 is 11.3 Å². The van der Waals surface area contributed by atoms with Crippen molar-refractivity contribution in [1.29, 1.82) is 0 Å². The number of hydrogen-bond acceptors (Lipinski definition) is 4. The molecule has 102 valence electrons. The third-order valence-corrected chi connectivity index (χ3v) is 6.74. The second kappa shape index (κ2) is 5.72. The van der Waals surface area contributed by atoms with Gasteiger partial charge in [0.2, 0.25) is 0 Å². The number of rotatable bonds is 5. The van der Waals surface area contributed by atoms with Crippen molar-refractivity contribution >= 4 is 21.2 Å². The van der Waals surface area contributed by atoms with Gasteiger partial charge in [-0.25, -0.2) is 8.42 Å². The van der Waals surface area contributed by atoms with Crippen LogP contribution in [0.2, 0.25) is 0 Å². The van der Waals surface area contributed by atoms with Gasteiger partial charge in [0.15, 0.2) is 9.84 Å². The fourth-order valence-electron chi connectivity index (χ4n) is 2.58. The molecule has 0 saturated carbocycles. The number of sulfone groups is 1. The summed E-state index contributed by atoms with van der Waals surface area (Å²) in [6.45, 7) is 2.16. The molecule has 0 radical (unpaired) electrons. The SMILES string of the molecule is CCc1ccc(CC(NC)C2CCS(=O)(=O)C2)s1. The average Bonchev–Trinajstić information content (AvgIpc) is 2.92. The number of thiophene rings is 1. The van der Waals surface area contributed by atoms with E-state index in [-0.39, 0.29) is 12.0 Å². The zero-order chi connectivity index (χ0) is 13.2. The second-order valence-electron chi connectivity index (χ2n) is 4.98. The van der Waals surface area contributed by atoms with Gasteiger partial charge in [-0.3, -0.25) is 0 Å². The van der Waals surface area contributed by atoms with Crippen LogP contribution in [-0.2, 0) is 22.7 Å². The normalized spacial score (nSPS) is 24.2. The highest BCUT2D eigenvalue weighted by molar-refractivity contribution is 7.91. The summed E-state index contributed by atoms with van der Waals surface area (Å²) in [5.41, 5.74) is 0. The Hall–Kier alpha value is -0.390. The zero-order valence-corrected chi connectivity index (χ0v) is 12.6. The highest BCUT2D eigenvalue weighted by Crippen LogP contribution is 2.26. The Bertz CT molecular complexity index is 493. The topological polar surface area (TPSA) is 46.2 Å². The molecule has 1 fully saturated rings. The summed E-state index contributed by atoms with van der Waals surface area (Å²) in [4.78, 5) is 2.76. The quantitative estimate of drug-likeness (QED) is 0.899. The molecule has 3 nitrogen and oxygen atoms in total. The van der Waals surface area contributed by atoms with E-state index in [0.29, 0.717) is 11.5 Å². The van der Waals surface area contributed by atoms with Gasteiger partial charge in [0.25, 0.3) is 0 Å². The van der Waals surface area contributed by atoms with E-state index in [1.165, 1.54) is 9.75 Å². The van der Waals surface area contributed by atoms with Gasteiger partial charge in [-0.1, -0.05) is 6.92 Å². The zero-order valence-electron chi connectivity index (χ0n) is 11.0. The van der Waals surface area contributed by atoms with Crippen molar-refractivity contribution in [2.45, 2.75) is 32.2 Å². The molecular formula is C13H21NO2S2. The highest BCUT2D eigenvalue weighted by atomic mass is 32.2. The summed E-state index contributed by atoms with van der Waals surface area (Å²) in [6.07, 6.45) is 2.83. The minimum atomic E-state index is -2.78. The lowest BCUT2D eigenvalue weighted by molar-refractivity contribution is 0.405. The first kappa shape index (κ1) is 14.0. The summed E-state index contributed by atoms with van der Waals surface area (Å²) in [7, 11) is -0.844. The van der Waals surface area contributed by atoms with Gasteiger partial charge in [-0.2, -0.15) is 0 Å². The van der Waals surface area contributed by atoms with Crippen molar-refractivity contribution in [3.05, 3.63) is 21.9 Å². The molecule has 0 aliphatic carbocycles. The molecule has 1 aliphatic heterocycles. The Morgan fingerprint density at radius 3 is 2.67 bits per heavy atom. The number of likely N-dealkylation sites (N-methyl/N-ethyl adjacent to an activating group) is 1. The van der Waals surface area contributed by atoms with Crippen LogP contribution in [0, 0.1) is 5.92 Å². The Morgan fingerprint density at radius 1 is 1.44 bits per heavy atom. The largest absolute Gasteiger partial charge is 0.316 e. The van der Waals surface area contributed by atoms with Crippen LogP contribution in [0.4, 0.5) is 0 Å². The smallest absolute Gasteiger partial charge is 0.150 e. The summed E-state index contributed by atoms with van der Waals surface area (Å²) >= 11 is 1.85. The fourth-order valence-corrected chi connectivity index (χ4v) is 5.48. The van der Waals surface area contributed by atoms with Crippen LogP contribution in [0.5, 0.6) is 0 Å². The minimum Gasteiger partial charge on any atom is -0.316 e. The van der Waals surface area contributed by atoms with Crippen LogP contribution in [-0.4, -0.2) is 33.0 Å². The van der Waals surface area contributed by atoms with Gasteiger partial charge in [0.05, 0.1) is 11.5 Å². The second-order valence-corrected chi connectivity index (χ2v) is 8.47. The first-order chi connectivity index (χ1) is 8.54. The molecule has 5 heteroatoms. The molecule has 0 amide bonds. The molecule has 18 heavy (non-hydrogen) atoms. The van der Waals surface area contributed by atoms with Gasteiger partial charge in [0, 0.05) is 15.8 Å². The standard InChI is InChI=1S/C13H21NO2S2/c1-3-11-4-5-12(17-11)8-13(14-2)10-6-7-18(15,16)9-10/h4-5,10,13-14H,3,6-9H2,1-2H3. The molecule has 1 saturated heterocycles. The summed E-state index contributed by atoms with van der Waals surface area (Å²) in [5, 5.41) is 3.30. The Balaban J connectivity index is 2.01. The fraction of sp³-hybridized carbons (Fsp3) is 0.692. The number of nitrogens with one attached hydrogen (secondary N) is 1. The molecular weight excluding hydrogens is 266 g/mol. The lowest BCUT2D eigenvalue weighted by Crippen LogP contribution is -2.36. The van der Waals surface area contributed by atoms with Gasteiger partial charge in [0.1, 0.15) is 0 Å². The third kappa shape index (κ3) is 3.33. The molecule has 0 bridgehead atoms. The van der Waals surface area contributed by atoms with E-state index < -0.39 is 9.84 Å². The predicted octanol–water partition coefficient (Wildman–Crippen LogP) is 1.88. The maximum Gasteiger partial charge on any atom is 0.150 e. The summed E-state index contributed by atoms with van der Waals surface area (Å²) < 4.78 is 23.1. The van der Waals surface area contributed by atoms with Crippen LogP contribution in [0.1, 0.15) is 23.1 Å². The molecule has 2 rings (SSSR count). The van der Waals surface area contributed by atoms with Crippen LogP contribution in [0.3, 0.4) is 0 Å². The first-order valence-electron chi connectivity index (χ1n) is 6.49. The Kier molecular flexibility index (Phi) is 4.45. The Morgan fingerprint density at radius 2 is 2.17 bits per heavy atom. The molecule has 0 aromatic carbocycles. The highest BCUT2D eigenvalue weighted by Gasteiger charge is 2.33. The van der Waals surface area contributed by atoms with Gasteiger partial charge >= 0.3 is 0 Å². The number of aryl methyl sites for hydroxylation is 1. The summed E-state index contributed by atoms with van der Waals surface area (Å²) in [6, 6.07) is 4.64. The van der Waals surface area contributed by atoms with E-state index in [9.17, 15) is 8.42 Å².